The topological polar surface area (TPSA) is 110 Å². The molecule has 38 heavy (non-hydrogen) atoms. The molecular formula is C30H35N5O3. The number of fused-ring (bicyclic) bond motifs is 1. The van der Waals surface area contributed by atoms with Crippen molar-refractivity contribution in [2.24, 2.45) is 11.3 Å². The van der Waals surface area contributed by atoms with Crippen LogP contribution in [0.4, 0.5) is 5.82 Å². The number of benzene rings is 1. The molecule has 0 radical (unpaired) electrons. The highest BCUT2D eigenvalue weighted by molar-refractivity contribution is 5.95. The number of anilines is 1. The first-order valence-corrected chi connectivity index (χ1v) is 13.8. The maximum Gasteiger partial charge on any atom is 0.315 e. The van der Waals surface area contributed by atoms with Crippen LogP contribution in [0.3, 0.4) is 0 Å². The van der Waals surface area contributed by atoms with Gasteiger partial charge in [-0.1, -0.05) is 57.0 Å². The van der Waals surface area contributed by atoms with E-state index in [1.807, 2.05) is 32.9 Å². The summed E-state index contributed by atoms with van der Waals surface area (Å²) in [4.78, 5) is 34.4. The third-order valence-electron chi connectivity index (χ3n) is 8.50. The number of aryl methyl sites for hydroxylation is 1. The number of nitrogens with zero attached hydrogens (tertiary/aromatic N) is 3. The SMILES string of the molecule is CC(C)(C)c1noc(C(=O)NC2CCCCc3cc(-c4ccnc(NC(=O)[C@@H]5CC56CCC6)c4)ccc32)n1. The quantitative estimate of drug-likeness (QED) is 0.420. The Morgan fingerprint density at radius 3 is 2.58 bits per heavy atom. The Bertz CT molecular complexity index is 1380. The standard InChI is InChI=1S/C30H35N5O3/c1-29(2,3)28-34-27(38-35-28)26(37)32-23-8-5-4-7-20-15-18(9-10-21(20)23)19-11-14-31-24(16-19)33-25(36)22-17-30(22)12-6-13-30/h9-11,14-16,22-23H,4-8,12-13,17H2,1-3H3,(H,32,37)(H,31,33,36)/t22-,23?/m0/s1. The number of carbonyl (C=O) groups excluding carboxylic acids is 2. The summed E-state index contributed by atoms with van der Waals surface area (Å²) in [7, 11) is 0. The molecule has 3 aliphatic rings. The summed E-state index contributed by atoms with van der Waals surface area (Å²) in [5.41, 5.74) is 4.43. The van der Waals surface area contributed by atoms with Crippen molar-refractivity contribution in [2.75, 3.05) is 5.32 Å². The molecular weight excluding hydrogens is 478 g/mol. The number of hydrogen-bond acceptors (Lipinski definition) is 6. The smallest absolute Gasteiger partial charge is 0.315 e. The molecule has 2 atom stereocenters. The molecule has 1 spiro atoms. The van der Waals surface area contributed by atoms with E-state index in [4.69, 9.17) is 4.52 Å². The summed E-state index contributed by atoms with van der Waals surface area (Å²) < 4.78 is 5.26. The molecule has 8 heteroatoms. The Morgan fingerprint density at radius 1 is 1.05 bits per heavy atom. The zero-order chi connectivity index (χ0) is 26.5. The number of nitrogens with one attached hydrogen (secondary N) is 2. The summed E-state index contributed by atoms with van der Waals surface area (Å²) in [6, 6.07) is 10.2. The fourth-order valence-electron chi connectivity index (χ4n) is 5.95. The minimum absolute atomic E-state index is 0.00173. The molecule has 1 unspecified atom stereocenters. The molecule has 2 amide bonds. The fourth-order valence-corrected chi connectivity index (χ4v) is 5.95. The summed E-state index contributed by atoms with van der Waals surface area (Å²) in [5.74, 6) is 1.02. The van der Waals surface area contributed by atoms with Crippen LogP contribution >= 0.6 is 0 Å². The van der Waals surface area contributed by atoms with E-state index in [-0.39, 0.29) is 35.1 Å². The molecule has 2 N–H and O–H groups in total. The zero-order valence-electron chi connectivity index (χ0n) is 22.3. The predicted molar refractivity (Wildman–Crippen MR) is 143 cm³/mol. The Balaban J connectivity index is 1.18. The Morgan fingerprint density at radius 2 is 1.87 bits per heavy atom. The predicted octanol–water partition coefficient (Wildman–Crippen LogP) is 5.76. The second-order valence-corrected chi connectivity index (χ2v) is 12.3. The highest BCUT2D eigenvalue weighted by atomic mass is 16.5. The minimum Gasteiger partial charge on any atom is -0.341 e. The van der Waals surface area contributed by atoms with Crippen LogP contribution in [0.2, 0.25) is 0 Å². The number of carbonyl (C=O) groups is 2. The lowest BCUT2D eigenvalue weighted by atomic mass is 9.80. The highest BCUT2D eigenvalue weighted by Gasteiger charge is 2.60. The minimum atomic E-state index is -0.344. The first kappa shape index (κ1) is 24.8. The van der Waals surface area contributed by atoms with Gasteiger partial charge in [0.15, 0.2) is 5.82 Å². The van der Waals surface area contributed by atoms with Crippen LogP contribution in [0, 0.1) is 11.3 Å². The lowest BCUT2D eigenvalue weighted by Gasteiger charge is -2.26. The fraction of sp³-hybridized carbons (Fsp3) is 0.500. The van der Waals surface area contributed by atoms with Crippen molar-refractivity contribution in [1.82, 2.24) is 20.4 Å². The number of rotatable bonds is 5. The Hall–Kier alpha value is -3.55. The molecule has 0 bridgehead atoms. The van der Waals surface area contributed by atoms with Crippen molar-refractivity contribution in [3.63, 3.8) is 0 Å². The van der Waals surface area contributed by atoms with Crippen LogP contribution in [0.15, 0.2) is 41.1 Å². The molecule has 8 nitrogen and oxygen atoms in total. The molecule has 3 aromatic rings. The maximum absolute atomic E-state index is 13.0. The summed E-state index contributed by atoms with van der Waals surface area (Å²) >= 11 is 0. The van der Waals surface area contributed by atoms with Gasteiger partial charge in [0, 0.05) is 17.5 Å². The Kier molecular flexibility index (Phi) is 6.08. The van der Waals surface area contributed by atoms with Gasteiger partial charge < -0.3 is 15.2 Å². The maximum atomic E-state index is 13.0. The van der Waals surface area contributed by atoms with Gasteiger partial charge in [0.1, 0.15) is 5.82 Å². The third-order valence-corrected chi connectivity index (χ3v) is 8.50. The van der Waals surface area contributed by atoms with Gasteiger partial charge in [-0.25, -0.2) is 4.98 Å². The van der Waals surface area contributed by atoms with E-state index in [0.29, 0.717) is 17.1 Å². The van der Waals surface area contributed by atoms with Gasteiger partial charge in [-0.3, -0.25) is 9.59 Å². The van der Waals surface area contributed by atoms with E-state index in [2.05, 4.69) is 44.0 Å². The van der Waals surface area contributed by atoms with Crippen LogP contribution in [0.5, 0.6) is 0 Å². The van der Waals surface area contributed by atoms with Crippen LogP contribution in [0.25, 0.3) is 11.1 Å². The average Bonchev–Trinajstić information content (AvgIpc) is 3.51. The van der Waals surface area contributed by atoms with Crippen molar-refractivity contribution in [3.05, 3.63) is 59.4 Å². The van der Waals surface area contributed by atoms with Gasteiger partial charge in [-0.05, 0) is 78.3 Å². The third kappa shape index (κ3) is 4.72. The normalized spacial score (nSPS) is 21.7. The van der Waals surface area contributed by atoms with Gasteiger partial charge >= 0.3 is 11.8 Å². The van der Waals surface area contributed by atoms with E-state index < -0.39 is 0 Å². The number of pyridine rings is 1. The molecule has 2 aromatic heterocycles. The van der Waals surface area contributed by atoms with Crippen molar-refractivity contribution in [1.29, 1.82) is 0 Å². The van der Waals surface area contributed by atoms with E-state index in [1.54, 1.807) is 6.20 Å². The van der Waals surface area contributed by atoms with E-state index >= 15 is 0 Å². The monoisotopic (exact) mass is 513 g/mol. The van der Waals surface area contributed by atoms with Crippen LogP contribution < -0.4 is 10.6 Å². The van der Waals surface area contributed by atoms with Crippen molar-refractivity contribution < 1.29 is 14.1 Å². The van der Waals surface area contributed by atoms with Gasteiger partial charge in [0.05, 0.1) is 6.04 Å². The molecule has 0 aliphatic heterocycles. The molecule has 1 aromatic carbocycles. The second kappa shape index (κ2) is 9.33. The lowest BCUT2D eigenvalue weighted by molar-refractivity contribution is -0.118. The molecule has 6 rings (SSSR count). The molecule has 198 valence electrons. The largest absolute Gasteiger partial charge is 0.341 e. The first-order valence-electron chi connectivity index (χ1n) is 13.8. The van der Waals surface area contributed by atoms with Gasteiger partial charge in [-0.15, -0.1) is 0 Å². The molecule has 3 aliphatic carbocycles. The molecule has 2 saturated carbocycles. The molecule has 0 saturated heterocycles. The van der Waals surface area contributed by atoms with Gasteiger partial charge in [0.2, 0.25) is 5.91 Å². The summed E-state index contributed by atoms with van der Waals surface area (Å²) in [5, 5.41) is 10.2. The first-order chi connectivity index (χ1) is 18.2. The molecule has 2 fully saturated rings. The van der Waals surface area contributed by atoms with Crippen LogP contribution in [0.1, 0.15) is 99.4 Å². The number of hydrogen-bond donors (Lipinski definition) is 2. The molecule has 2 heterocycles. The van der Waals surface area contributed by atoms with Gasteiger partial charge in [-0.2, -0.15) is 4.98 Å². The van der Waals surface area contributed by atoms with E-state index in [9.17, 15) is 9.59 Å². The highest BCUT2D eigenvalue weighted by Crippen LogP contribution is 2.65. The average molecular weight is 514 g/mol. The second-order valence-electron chi connectivity index (χ2n) is 12.3. The zero-order valence-corrected chi connectivity index (χ0v) is 22.3. The number of aromatic nitrogens is 3. The van der Waals surface area contributed by atoms with E-state index in [1.165, 1.54) is 24.8 Å². The Labute approximate surface area is 223 Å². The van der Waals surface area contributed by atoms with E-state index in [0.717, 1.165) is 48.8 Å². The van der Waals surface area contributed by atoms with Crippen molar-refractivity contribution in [3.8, 4) is 11.1 Å². The summed E-state index contributed by atoms with van der Waals surface area (Å²) in [6.45, 7) is 5.95. The van der Waals surface area contributed by atoms with Crippen molar-refractivity contribution in [2.45, 2.75) is 83.6 Å². The van der Waals surface area contributed by atoms with Crippen molar-refractivity contribution >= 4 is 17.6 Å². The number of amides is 2. The lowest BCUT2D eigenvalue weighted by Crippen LogP contribution is -2.29. The van der Waals surface area contributed by atoms with Crippen LogP contribution in [-0.4, -0.2) is 26.9 Å². The van der Waals surface area contributed by atoms with Crippen LogP contribution in [-0.2, 0) is 16.6 Å². The summed E-state index contributed by atoms with van der Waals surface area (Å²) in [6.07, 6.45) is 10.3. The van der Waals surface area contributed by atoms with Gasteiger partial charge in [0.25, 0.3) is 0 Å².